The van der Waals surface area contributed by atoms with Crippen LogP contribution in [0, 0.1) is 0 Å². The van der Waals surface area contributed by atoms with Gasteiger partial charge in [0.15, 0.2) is 0 Å². The van der Waals surface area contributed by atoms with Crippen LogP contribution in [0.5, 0.6) is 5.75 Å². The van der Waals surface area contributed by atoms with Gasteiger partial charge < -0.3 is 10.1 Å². The molecule has 1 N–H and O–H groups in total. The van der Waals surface area contributed by atoms with Crippen LogP contribution in [-0.4, -0.2) is 45.4 Å². The highest BCUT2D eigenvalue weighted by Gasteiger charge is 2.29. The van der Waals surface area contributed by atoms with Crippen molar-refractivity contribution in [3.63, 3.8) is 0 Å². The summed E-state index contributed by atoms with van der Waals surface area (Å²) in [7, 11) is -2.26. The number of methoxy groups -OCH3 is 1. The molecule has 0 unspecified atom stereocenters. The molecule has 0 atom stereocenters. The maximum atomic E-state index is 12.3. The number of piperazine rings is 1. The van der Waals surface area contributed by atoms with Crippen LogP contribution in [0.15, 0.2) is 23.1 Å². The summed E-state index contributed by atoms with van der Waals surface area (Å²) >= 11 is 5.92. The van der Waals surface area contributed by atoms with Crippen LogP contribution in [-0.2, 0) is 14.8 Å². The van der Waals surface area contributed by atoms with Crippen LogP contribution >= 0.6 is 11.6 Å². The Kier molecular flexibility index (Phi) is 3.98. The number of nitrogens with zero attached hydrogens (tertiary/aromatic N) is 1. The Morgan fingerprint density at radius 2 is 2.16 bits per heavy atom. The first-order valence-corrected chi connectivity index (χ1v) is 7.37. The summed E-state index contributed by atoms with van der Waals surface area (Å²) < 4.78 is 30.8. The van der Waals surface area contributed by atoms with E-state index in [2.05, 4.69) is 5.32 Å². The molecule has 0 saturated carbocycles. The fourth-order valence-electron chi connectivity index (χ4n) is 1.78. The first kappa shape index (κ1) is 14.1. The molecule has 1 aromatic carbocycles. The van der Waals surface area contributed by atoms with Crippen LogP contribution in [0.25, 0.3) is 0 Å². The highest BCUT2D eigenvalue weighted by Crippen LogP contribution is 2.28. The van der Waals surface area contributed by atoms with Crippen molar-refractivity contribution in [3.8, 4) is 5.75 Å². The predicted molar refractivity (Wildman–Crippen MR) is 69.8 cm³/mol. The van der Waals surface area contributed by atoms with Crippen LogP contribution in [0.1, 0.15) is 0 Å². The second-order valence-corrected chi connectivity index (χ2v) is 6.33. The minimum atomic E-state index is -3.71. The molecule has 0 spiro atoms. The van der Waals surface area contributed by atoms with Gasteiger partial charge in [0.25, 0.3) is 0 Å². The monoisotopic (exact) mass is 304 g/mol. The largest absolute Gasteiger partial charge is 0.495 e. The van der Waals surface area contributed by atoms with Crippen molar-refractivity contribution in [2.75, 3.05) is 26.7 Å². The summed E-state index contributed by atoms with van der Waals surface area (Å²) in [4.78, 5) is 11.3. The summed E-state index contributed by atoms with van der Waals surface area (Å²) in [5.74, 6) is 0.0893. The zero-order valence-electron chi connectivity index (χ0n) is 10.2. The molecular weight excluding hydrogens is 292 g/mol. The lowest BCUT2D eigenvalue weighted by molar-refractivity contribution is -0.122. The van der Waals surface area contributed by atoms with Crippen LogP contribution < -0.4 is 10.1 Å². The van der Waals surface area contributed by atoms with E-state index >= 15 is 0 Å². The third-order valence-electron chi connectivity index (χ3n) is 2.76. The minimum Gasteiger partial charge on any atom is -0.495 e. The number of sulfonamides is 1. The Balaban J connectivity index is 2.33. The number of carbonyl (C=O) groups is 1. The molecule has 1 fully saturated rings. The van der Waals surface area contributed by atoms with Crippen molar-refractivity contribution in [2.24, 2.45) is 0 Å². The molecule has 104 valence electrons. The van der Waals surface area contributed by atoms with E-state index in [4.69, 9.17) is 16.3 Å². The van der Waals surface area contributed by atoms with Crippen molar-refractivity contribution in [1.82, 2.24) is 9.62 Å². The second kappa shape index (κ2) is 5.36. The molecule has 1 aliphatic heterocycles. The Morgan fingerprint density at radius 3 is 2.74 bits per heavy atom. The van der Waals surface area contributed by atoms with Gasteiger partial charge in [0.2, 0.25) is 15.9 Å². The normalized spacial score (nSPS) is 17.1. The van der Waals surface area contributed by atoms with E-state index in [1.807, 2.05) is 0 Å². The van der Waals surface area contributed by atoms with E-state index < -0.39 is 10.0 Å². The van der Waals surface area contributed by atoms with Gasteiger partial charge in [-0.05, 0) is 18.2 Å². The van der Waals surface area contributed by atoms with Crippen molar-refractivity contribution in [1.29, 1.82) is 0 Å². The molecule has 2 rings (SSSR count). The van der Waals surface area contributed by atoms with Gasteiger partial charge in [0, 0.05) is 13.1 Å². The summed E-state index contributed by atoms with van der Waals surface area (Å²) in [6.45, 7) is 0.381. The molecule has 1 aromatic rings. The number of carbonyl (C=O) groups excluding carboxylic acids is 1. The first-order chi connectivity index (χ1) is 8.95. The van der Waals surface area contributed by atoms with Crippen molar-refractivity contribution in [3.05, 3.63) is 23.2 Å². The number of hydrogen-bond donors (Lipinski definition) is 1. The highest BCUT2D eigenvalue weighted by molar-refractivity contribution is 7.89. The quantitative estimate of drug-likeness (QED) is 0.881. The maximum Gasteiger partial charge on any atom is 0.243 e. The summed E-state index contributed by atoms with van der Waals surface area (Å²) in [5, 5.41) is 2.79. The molecule has 19 heavy (non-hydrogen) atoms. The van der Waals surface area contributed by atoms with Gasteiger partial charge in [-0.1, -0.05) is 11.6 Å². The zero-order valence-corrected chi connectivity index (χ0v) is 11.8. The number of ether oxygens (including phenoxy) is 1. The van der Waals surface area contributed by atoms with E-state index in [1.54, 1.807) is 0 Å². The fourth-order valence-corrected chi connectivity index (χ4v) is 3.52. The molecule has 1 saturated heterocycles. The smallest absolute Gasteiger partial charge is 0.243 e. The van der Waals surface area contributed by atoms with Gasteiger partial charge in [-0.15, -0.1) is 0 Å². The predicted octanol–water partition coefficient (Wildman–Crippen LogP) is 0.469. The Hall–Kier alpha value is -1.31. The van der Waals surface area contributed by atoms with Crippen molar-refractivity contribution >= 4 is 27.5 Å². The van der Waals surface area contributed by atoms with E-state index in [0.717, 1.165) is 4.31 Å². The van der Waals surface area contributed by atoms with Crippen LogP contribution in [0.4, 0.5) is 0 Å². The molecule has 1 heterocycles. The van der Waals surface area contributed by atoms with Gasteiger partial charge in [0.05, 0.1) is 23.6 Å². The topological polar surface area (TPSA) is 75.7 Å². The maximum absolute atomic E-state index is 12.3. The SMILES string of the molecule is COc1ccc(S(=O)(=O)N2CCNC(=O)C2)cc1Cl. The fraction of sp³-hybridized carbons (Fsp3) is 0.364. The Morgan fingerprint density at radius 1 is 1.42 bits per heavy atom. The lowest BCUT2D eigenvalue weighted by Crippen LogP contribution is -2.49. The number of benzene rings is 1. The minimum absolute atomic E-state index is 0.0491. The van der Waals surface area contributed by atoms with Gasteiger partial charge in [-0.2, -0.15) is 4.31 Å². The molecular formula is C11H13ClN2O4S. The van der Waals surface area contributed by atoms with Gasteiger partial charge in [-0.25, -0.2) is 8.42 Å². The van der Waals surface area contributed by atoms with Gasteiger partial charge >= 0.3 is 0 Å². The van der Waals surface area contributed by atoms with Crippen molar-refractivity contribution in [2.45, 2.75) is 4.90 Å². The number of amides is 1. The molecule has 1 amide bonds. The van der Waals surface area contributed by atoms with E-state index in [9.17, 15) is 13.2 Å². The number of rotatable bonds is 3. The van der Waals surface area contributed by atoms with Crippen molar-refractivity contribution < 1.29 is 17.9 Å². The summed E-state index contributed by atoms with van der Waals surface area (Å²) in [6, 6.07) is 4.22. The van der Waals surface area contributed by atoms with E-state index in [-0.39, 0.29) is 28.9 Å². The van der Waals surface area contributed by atoms with E-state index in [0.29, 0.717) is 12.3 Å². The summed E-state index contributed by atoms with van der Waals surface area (Å²) in [6.07, 6.45) is 0. The zero-order chi connectivity index (χ0) is 14.0. The summed E-state index contributed by atoms with van der Waals surface area (Å²) in [5.41, 5.74) is 0. The standard InChI is InChI=1S/C11H13ClN2O4S/c1-18-10-3-2-8(6-9(10)12)19(16,17)14-5-4-13-11(15)7-14/h2-3,6H,4-5,7H2,1H3,(H,13,15). The number of nitrogens with one attached hydrogen (secondary N) is 1. The second-order valence-electron chi connectivity index (χ2n) is 3.98. The molecule has 0 aliphatic carbocycles. The molecule has 0 bridgehead atoms. The van der Waals surface area contributed by atoms with Crippen LogP contribution in [0.3, 0.4) is 0 Å². The number of halogens is 1. The first-order valence-electron chi connectivity index (χ1n) is 5.55. The molecule has 6 nitrogen and oxygen atoms in total. The molecule has 8 heteroatoms. The lowest BCUT2D eigenvalue weighted by atomic mass is 10.3. The Labute approximate surface area is 116 Å². The third-order valence-corrected chi connectivity index (χ3v) is 4.90. The third kappa shape index (κ3) is 2.83. The Bertz CT molecular complexity index is 603. The van der Waals surface area contributed by atoms with Gasteiger partial charge in [-0.3, -0.25) is 4.79 Å². The molecule has 1 aliphatic rings. The van der Waals surface area contributed by atoms with Gasteiger partial charge in [0.1, 0.15) is 5.75 Å². The highest BCUT2D eigenvalue weighted by atomic mass is 35.5. The van der Waals surface area contributed by atoms with Crippen LogP contribution in [0.2, 0.25) is 5.02 Å². The average Bonchev–Trinajstić information content (AvgIpc) is 2.38. The average molecular weight is 305 g/mol. The molecule has 0 radical (unpaired) electrons. The lowest BCUT2D eigenvalue weighted by Gasteiger charge is -2.26. The molecule has 0 aromatic heterocycles. The number of hydrogen-bond acceptors (Lipinski definition) is 4. The van der Waals surface area contributed by atoms with E-state index in [1.165, 1.54) is 25.3 Å².